The molecule has 10 heteroatoms. The van der Waals surface area contributed by atoms with Crippen molar-refractivity contribution in [1.82, 2.24) is 10.5 Å². The third-order valence-corrected chi connectivity index (χ3v) is 5.76. The number of nitrogens with one attached hydrogen (secondary N) is 2. The smallest absolute Gasteiger partial charge is 0.248 e. The molecule has 39 heavy (non-hydrogen) atoms. The topological polar surface area (TPSA) is 123 Å². The van der Waals surface area contributed by atoms with Gasteiger partial charge in [0.2, 0.25) is 17.7 Å². The van der Waals surface area contributed by atoms with Crippen molar-refractivity contribution >= 4 is 29.2 Å². The molecule has 0 aliphatic rings. The van der Waals surface area contributed by atoms with Crippen LogP contribution < -0.4 is 25.0 Å². The van der Waals surface area contributed by atoms with Crippen LogP contribution in [-0.4, -0.2) is 42.6 Å². The highest BCUT2D eigenvalue weighted by molar-refractivity contribution is 6.04. The monoisotopic (exact) mass is 536 g/mol. The second kappa shape index (κ2) is 12.5. The molecule has 0 radical (unpaired) electrons. The summed E-state index contributed by atoms with van der Waals surface area (Å²) in [6, 6.07) is 12.9. The van der Waals surface area contributed by atoms with E-state index < -0.39 is 23.4 Å². The molecule has 1 aromatic heterocycles. The minimum atomic E-state index is -1.06. The predicted octanol–water partition coefficient (Wildman–Crippen LogP) is 4.72. The van der Waals surface area contributed by atoms with Crippen LogP contribution in [0.15, 0.2) is 53.1 Å². The van der Waals surface area contributed by atoms with Gasteiger partial charge in [0.05, 0.1) is 19.9 Å². The lowest BCUT2D eigenvalue weighted by molar-refractivity contribution is -0.128. The fourth-order valence-corrected chi connectivity index (χ4v) is 4.02. The van der Waals surface area contributed by atoms with Crippen LogP contribution in [0.4, 0.5) is 11.5 Å². The summed E-state index contributed by atoms with van der Waals surface area (Å²) in [5, 5.41) is 9.38. The van der Waals surface area contributed by atoms with E-state index in [1.54, 1.807) is 56.5 Å². The summed E-state index contributed by atoms with van der Waals surface area (Å²) in [5.41, 5.74) is 1.28. The summed E-state index contributed by atoms with van der Waals surface area (Å²) >= 11 is 0. The Hall–Kier alpha value is -4.34. The number of ether oxygens (including phenoxy) is 2. The zero-order valence-electron chi connectivity index (χ0n) is 23.5. The molecule has 0 saturated carbocycles. The van der Waals surface area contributed by atoms with Crippen LogP contribution in [0.2, 0.25) is 0 Å². The first-order chi connectivity index (χ1) is 18.4. The zero-order chi connectivity index (χ0) is 28.7. The van der Waals surface area contributed by atoms with E-state index in [0.717, 1.165) is 5.56 Å². The van der Waals surface area contributed by atoms with Gasteiger partial charge in [-0.2, -0.15) is 0 Å². The quantitative estimate of drug-likeness (QED) is 0.384. The lowest BCUT2D eigenvalue weighted by Crippen LogP contribution is -2.49. The molecule has 2 N–H and O–H groups in total. The minimum absolute atomic E-state index is 0.133. The van der Waals surface area contributed by atoms with E-state index in [-0.39, 0.29) is 24.6 Å². The van der Waals surface area contributed by atoms with Crippen LogP contribution >= 0.6 is 0 Å². The number of methoxy groups -OCH3 is 2. The average molecular weight is 537 g/mol. The number of rotatable bonds is 10. The minimum Gasteiger partial charge on any atom is -0.497 e. The average Bonchev–Trinajstić information content (AvgIpc) is 3.28. The number of carbonyl (C=O) groups is 3. The van der Waals surface area contributed by atoms with Gasteiger partial charge in [-0.1, -0.05) is 23.4 Å². The molecule has 3 rings (SSSR count). The third kappa shape index (κ3) is 7.83. The molecule has 1 heterocycles. The van der Waals surface area contributed by atoms with Crippen LogP contribution in [0.1, 0.15) is 56.5 Å². The highest BCUT2D eigenvalue weighted by atomic mass is 16.5. The van der Waals surface area contributed by atoms with Gasteiger partial charge in [0, 0.05) is 24.4 Å². The second-order valence-electron chi connectivity index (χ2n) is 10.2. The summed E-state index contributed by atoms with van der Waals surface area (Å²) in [7, 11) is 3.06. The molecular weight excluding hydrogens is 500 g/mol. The summed E-state index contributed by atoms with van der Waals surface area (Å²) in [6.45, 7) is 9.19. The van der Waals surface area contributed by atoms with Crippen LogP contribution in [0.25, 0.3) is 0 Å². The molecule has 0 spiro atoms. The van der Waals surface area contributed by atoms with Crippen molar-refractivity contribution in [1.29, 1.82) is 0 Å². The first-order valence-electron chi connectivity index (χ1n) is 12.6. The van der Waals surface area contributed by atoms with Gasteiger partial charge < -0.3 is 24.6 Å². The van der Waals surface area contributed by atoms with E-state index >= 15 is 0 Å². The molecule has 3 amide bonds. The third-order valence-electron chi connectivity index (χ3n) is 5.76. The first-order valence-corrected chi connectivity index (χ1v) is 12.6. The summed E-state index contributed by atoms with van der Waals surface area (Å²) in [4.78, 5) is 41.8. The molecular formula is C29H36N4O6. The Morgan fingerprint density at radius 2 is 1.67 bits per heavy atom. The normalized spacial score (nSPS) is 11.9. The number of benzene rings is 2. The van der Waals surface area contributed by atoms with E-state index in [1.807, 2.05) is 33.8 Å². The fourth-order valence-electron chi connectivity index (χ4n) is 4.02. The number of amides is 3. The Morgan fingerprint density at radius 3 is 2.23 bits per heavy atom. The number of anilines is 2. The van der Waals surface area contributed by atoms with Crippen LogP contribution in [0.3, 0.4) is 0 Å². The van der Waals surface area contributed by atoms with Crippen LogP contribution in [0.5, 0.6) is 11.5 Å². The maximum absolute atomic E-state index is 13.9. The van der Waals surface area contributed by atoms with Gasteiger partial charge in [-0.3, -0.25) is 19.3 Å². The summed E-state index contributed by atoms with van der Waals surface area (Å²) in [5.74, 6) is 0.613. The van der Waals surface area contributed by atoms with Gasteiger partial charge in [0.25, 0.3) is 0 Å². The maximum atomic E-state index is 13.9. The Balaban J connectivity index is 2.04. The van der Waals surface area contributed by atoms with Gasteiger partial charge in [-0.15, -0.1) is 0 Å². The fraction of sp³-hybridized carbons (Fsp3) is 0.379. The van der Waals surface area contributed by atoms with Crippen molar-refractivity contribution in [3.05, 3.63) is 65.4 Å². The zero-order valence-corrected chi connectivity index (χ0v) is 23.5. The Bertz CT molecular complexity index is 1310. The van der Waals surface area contributed by atoms with E-state index in [0.29, 0.717) is 28.5 Å². The summed E-state index contributed by atoms with van der Waals surface area (Å²) in [6.07, 6.45) is -0.305. The van der Waals surface area contributed by atoms with Gasteiger partial charge in [0.15, 0.2) is 5.82 Å². The first kappa shape index (κ1) is 29.2. The SMILES string of the molecule is COc1ccc(C(C(=O)NC(C)(C)C)N(C(=O)CCC(=O)Nc2cc(C)on2)c2cc(C)ccc2OC)cc1. The highest BCUT2D eigenvalue weighted by Crippen LogP contribution is 2.37. The van der Waals surface area contributed by atoms with E-state index in [4.69, 9.17) is 14.0 Å². The molecule has 0 fully saturated rings. The number of aromatic nitrogens is 1. The lowest BCUT2D eigenvalue weighted by Gasteiger charge is -2.34. The predicted molar refractivity (Wildman–Crippen MR) is 148 cm³/mol. The molecule has 1 unspecified atom stereocenters. The van der Waals surface area contributed by atoms with E-state index in [2.05, 4.69) is 15.8 Å². The van der Waals surface area contributed by atoms with E-state index in [9.17, 15) is 14.4 Å². The molecule has 0 aliphatic carbocycles. The summed E-state index contributed by atoms with van der Waals surface area (Å²) < 4.78 is 15.9. The molecule has 0 saturated heterocycles. The number of hydrogen-bond acceptors (Lipinski definition) is 7. The number of nitrogens with zero attached hydrogens (tertiary/aromatic N) is 2. The van der Waals surface area contributed by atoms with Crippen molar-refractivity contribution < 1.29 is 28.4 Å². The molecule has 3 aromatic rings. The molecule has 0 bridgehead atoms. The van der Waals surface area contributed by atoms with Crippen molar-refractivity contribution in [2.75, 3.05) is 24.4 Å². The van der Waals surface area contributed by atoms with Gasteiger partial charge in [-0.05, 0) is 70.0 Å². The van der Waals surface area contributed by atoms with Crippen molar-refractivity contribution in [2.45, 2.75) is 59.0 Å². The van der Waals surface area contributed by atoms with E-state index in [1.165, 1.54) is 12.0 Å². The molecule has 2 aromatic carbocycles. The van der Waals surface area contributed by atoms with Crippen LogP contribution in [-0.2, 0) is 14.4 Å². The van der Waals surface area contributed by atoms with Crippen molar-refractivity contribution in [3.8, 4) is 11.5 Å². The van der Waals surface area contributed by atoms with Crippen molar-refractivity contribution in [2.24, 2.45) is 0 Å². The molecule has 208 valence electrons. The van der Waals surface area contributed by atoms with Gasteiger partial charge >= 0.3 is 0 Å². The number of aryl methyl sites for hydroxylation is 2. The Kier molecular flexibility index (Phi) is 9.34. The van der Waals surface area contributed by atoms with Crippen molar-refractivity contribution in [3.63, 3.8) is 0 Å². The maximum Gasteiger partial charge on any atom is 0.248 e. The number of carbonyl (C=O) groups excluding carboxylic acids is 3. The standard InChI is InChI=1S/C29H36N4O6/c1-18-8-13-23(38-7)22(16-18)33(26(35)15-14-25(34)30-24-17-19(2)39-32-24)27(28(36)31-29(3,4)5)20-9-11-21(37-6)12-10-20/h8-13,16-17,27H,14-15H2,1-7H3,(H,31,36)(H,30,32,34). The second-order valence-corrected chi connectivity index (χ2v) is 10.2. The lowest BCUT2D eigenvalue weighted by atomic mass is 9.99. The number of hydrogen-bond donors (Lipinski definition) is 2. The Labute approximate surface area is 228 Å². The molecule has 1 atom stereocenters. The highest BCUT2D eigenvalue weighted by Gasteiger charge is 2.36. The van der Waals surface area contributed by atoms with Gasteiger partial charge in [-0.25, -0.2) is 0 Å². The molecule has 0 aliphatic heterocycles. The van der Waals surface area contributed by atoms with Crippen LogP contribution in [0, 0.1) is 13.8 Å². The largest absolute Gasteiger partial charge is 0.497 e. The Morgan fingerprint density at radius 1 is 0.974 bits per heavy atom. The van der Waals surface area contributed by atoms with Gasteiger partial charge in [0.1, 0.15) is 23.3 Å². The molecule has 10 nitrogen and oxygen atoms in total.